The molecule has 202 valence electrons. The maximum atomic E-state index is 13.2. The molecule has 0 radical (unpaired) electrons. The van der Waals surface area contributed by atoms with Crippen LogP contribution in [0.1, 0.15) is 29.8 Å². The van der Waals surface area contributed by atoms with Gasteiger partial charge in [0.1, 0.15) is 22.0 Å². The second-order valence-corrected chi connectivity index (χ2v) is 10.5. The summed E-state index contributed by atoms with van der Waals surface area (Å²) in [7, 11) is -4.75. The van der Waals surface area contributed by atoms with Gasteiger partial charge in [0.2, 0.25) is 0 Å². The van der Waals surface area contributed by atoms with E-state index in [2.05, 4.69) is 15.5 Å². The molecule has 0 saturated heterocycles. The number of fused-ring (bicyclic) bond motifs is 1. The van der Waals surface area contributed by atoms with Crippen LogP contribution in [0.2, 0.25) is 10.0 Å². The largest absolute Gasteiger partial charge is 0.505 e. The summed E-state index contributed by atoms with van der Waals surface area (Å²) in [5, 5.41) is 23.1. The van der Waals surface area contributed by atoms with Crippen LogP contribution < -0.4 is 10.1 Å². The monoisotopic (exact) mass is 587 g/mol. The molecule has 0 atom stereocenters. The van der Waals surface area contributed by atoms with Crippen molar-refractivity contribution < 1.29 is 27.6 Å². The van der Waals surface area contributed by atoms with E-state index in [0.29, 0.717) is 45.8 Å². The lowest BCUT2D eigenvalue weighted by Crippen LogP contribution is -2.12. The zero-order valence-electron chi connectivity index (χ0n) is 20.8. The first-order valence-corrected chi connectivity index (χ1v) is 13.9. The third kappa shape index (κ3) is 5.99. The molecule has 0 aromatic heterocycles. The van der Waals surface area contributed by atoms with E-state index in [1.54, 1.807) is 49.4 Å². The molecule has 0 heterocycles. The van der Waals surface area contributed by atoms with Crippen LogP contribution in [-0.2, 0) is 16.5 Å². The van der Waals surface area contributed by atoms with Gasteiger partial charge < -0.3 is 15.2 Å². The summed E-state index contributed by atoms with van der Waals surface area (Å²) >= 11 is 12.3. The van der Waals surface area contributed by atoms with Crippen LogP contribution in [0.5, 0.6) is 11.5 Å². The Morgan fingerprint density at radius 2 is 1.69 bits per heavy atom. The van der Waals surface area contributed by atoms with Crippen molar-refractivity contribution in [2.45, 2.75) is 25.2 Å². The van der Waals surface area contributed by atoms with Crippen molar-refractivity contribution in [1.29, 1.82) is 0 Å². The Balaban J connectivity index is 1.82. The SMILES string of the molecule is CCOc1ccc(NC(=O)c2cc3ccccc3c(N=Nc3c(CC)ccc(Cl)c3S(=O)(=O)O)c2O)cc1Cl. The van der Waals surface area contributed by atoms with E-state index in [1.165, 1.54) is 18.2 Å². The average Bonchev–Trinajstić information content (AvgIpc) is 2.88. The molecule has 3 N–H and O–H groups in total. The fraction of sp³-hybridized carbons (Fsp3) is 0.148. The summed E-state index contributed by atoms with van der Waals surface area (Å²) in [5.74, 6) is -0.670. The molecule has 0 aliphatic heterocycles. The first-order valence-electron chi connectivity index (χ1n) is 11.7. The first-order chi connectivity index (χ1) is 18.5. The Bertz CT molecular complexity index is 1720. The van der Waals surface area contributed by atoms with Crippen molar-refractivity contribution in [3.05, 3.63) is 81.8 Å². The van der Waals surface area contributed by atoms with Gasteiger partial charge in [0, 0.05) is 11.1 Å². The molecule has 12 heteroatoms. The Labute approximate surface area is 234 Å². The molecule has 0 aliphatic rings. The van der Waals surface area contributed by atoms with Crippen LogP contribution in [0.4, 0.5) is 17.1 Å². The highest BCUT2D eigenvalue weighted by molar-refractivity contribution is 7.86. The summed E-state index contributed by atoms with van der Waals surface area (Å²) in [5.41, 5.74) is 0.458. The summed E-state index contributed by atoms with van der Waals surface area (Å²) < 4.78 is 39.4. The number of benzene rings is 4. The molecule has 0 unspecified atom stereocenters. The van der Waals surface area contributed by atoms with Gasteiger partial charge in [-0.15, -0.1) is 10.2 Å². The summed E-state index contributed by atoms with van der Waals surface area (Å²) in [6, 6.07) is 16.0. The Hall–Kier alpha value is -3.70. The predicted molar refractivity (Wildman–Crippen MR) is 151 cm³/mol. The molecule has 0 bridgehead atoms. The van der Waals surface area contributed by atoms with E-state index in [4.69, 9.17) is 27.9 Å². The Morgan fingerprint density at radius 3 is 2.36 bits per heavy atom. The minimum atomic E-state index is -4.75. The molecule has 0 saturated carbocycles. The number of nitrogens with one attached hydrogen (secondary N) is 1. The fourth-order valence-corrected chi connectivity index (χ4v) is 5.38. The topological polar surface area (TPSA) is 138 Å². The number of azo groups is 1. The second kappa shape index (κ2) is 11.6. The number of aryl methyl sites for hydroxylation is 1. The van der Waals surface area contributed by atoms with E-state index in [1.807, 2.05) is 6.92 Å². The number of hydrogen-bond donors (Lipinski definition) is 3. The molecule has 0 aliphatic carbocycles. The van der Waals surface area contributed by atoms with Gasteiger partial charge in [0.15, 0.2) is 5.75 Å². The lowest BCUT2D eigenvalue weighted by molar-refractivity contribution is 0.102. The number of halogens is 2. The molecular weight excluding hydrogens is 565 g/mol. The highest BCUT2D eigenvalue weighted by atomic mass is 35.5. The Morgan fingerprint density at radius 1 is 0.974 bits per heavy atom. The fourth-order valence-electron chi connectivity index (χ4n) is 3.97. The number of anilines is 1. The van der Waals surface area contributed by atoms with E-state index in [-0.39, 0.29) is 22.0 Å². The average molecular weight is 588 g/mol. The number of ether oxygens (including phenoxy) is 1. The molecule has 1 amide bonds. The van der Waals surface area contributed by atoms with E-state index in [0.717, 1.165) is 0 Å². The van der Waals surface area contributed by atoms with Crippen molar-refractivity contribution in [2.75, 3.05) is 11.9 Å². The standard InChI is InChI=1S/C27H23Cl2N3O6S/c1-3-15-9-11-20(28)26(39(35,36)37)23(15)31-32-24-18-8-6-5-7-16(18)13-19(25(24)33)27(34)30-17-10-12-22(38-4-2)21(29)14-17/h5-14,33H,3-4H2,1-2H3,(H,30,34)(H,35,36,37). The van der Waals surface area contributed by atoms with Crippen molar-refractivity contribution in [2.24, 2.45) is 10.2 Å². The van der Waals surface area contributed by atoms with Gasteiger partial charge in [0.05, 0.1) is 22.2 Å². The van der Waals surface area contributed by atoms with Gasteiger partial charge in [-0.2, -0.15) is 8.42 Å². The minimum absolute atomic E-state index is 0.0775. The van der Waals surface area contributed by atoms with Gasteiger partial charge >= 0.3 is 0 Å². The minimum Gasteiger partial charge on any atom is -0.505 e. The number of amides is 1. The number of nitrogens with zero attached hydrogens (tertiary/aromatic N) is 2. The van der Waals surface area contributed by atoms with E-state index in [9.17, 15) is 22.9 Å². The summed E-state index contributed by atoms with van der Waals surface area (Å²) in [6.07, 6.45) is 0.355. The van der Waals surface area contributed by atoms with Crippen LogP contribution in [0.3, 0.4) is 0 Å². The molecule has 0 spiro atoms. The number of rotatable bonds is 8. The maximum Gasteiger partial charge on any atom is 0.298 e. The quantitative estimate of drug-likeness (QED) is 0.142. The highest BCUT2D eigenvalue weighted by Gasteiger charge is 2.24. The first kappa shape index (κ1) is 28.3. The van der Waals surface area contributed by atoms with Crippen LogP contribution in [0.15, 0.2) is 75.8 Å². The van der Waals surface area contributed by atoms with Gasteiger partial charge in [-0.3, -0.25) is 9.35 Å². The molecule has 39 heavy (non-hydrogen) atoms. The number of aromatic hydroxyl groups is 1. The molecular formula is C27H23Cl2N3O6S. The zero-order valence-corrected chi connectivity index (χ0v) is 23.1. The van der Waals surface area contributed by atoms with Crippen LogP contribution in [0, 0.1) is 0 Å². The Kier molecular flexibility index (Phi) is 8.41. The zero-order chi connectivity index (χ0) is 28.3. The van der Waals surface area contributed by atoms with Gasteiger partial charge in [0.25, 0.3) is 16.0 Å². The number of phenols is 1. The van der Waals surface area contributed by atoms with Crippen molar-refractivity contribution in [3.63, 3.8) is 0 Å². The van der Waals surface area contributed by atoms with Crippen molar-refractivity contribution in [3.8, 4) is 11.5 Å². The molecule has 4 aromatic carbocycles. The molecule has 4 aromatic rings. The second-order valence-electron chi connectivity index (χ2n) is 8.29. The maximum absolute atomic E-state index is 13.2. The smallest absolute Gasteiger partial charge is 0.298 e. The molecule has 0 fully saturated rings. The molecule has 4 rings (SSSR count). The number of phenolic OH excluding ortho intramolecular Hbond substituents is 1. The van der Waals surface area contributed by atoms with Crippen molar-refractivity contribution in [1.82, 2.24) is 0 Å². The highest BCUT2D eigenvalue weighted by Crippen LogP contribution is 2.42. The van der Waals surface area contributed by atoms with Crippen LogP contribution >= 0.6 is 23.2 Å². The normalized spacial score (nSPS) is 11.7. The number of carbonyl (C=O) groups is 1. The lowest BCUT2D eigenvalue weighted by atomic mass is 10.0. The predicted octanol–water partition coefficient (Wildman–Crippen LogP) is 7.73. The van der Waals surface area contributed by atoms with Gasteiger partial charge in [-0.25, -0.2) is 0 Å². The van der Waals surface area contributed by atoms with Gasteiger partial charge in [-0.1, -0.05) is 60.5 Å². The van der Waals surface area contributed by atoms with E-state index < -0.39 is 26.7 Å². The van der Waals surface area contributed by atoms with Crippen molar-refractivity contribution >= 4 is 67.1 Å². The molecule has 9 nitrogen and oxygen atoms in total. The summed E-state index contributed by atoms with van der Waals surface area (Å²) in [4.78, 5) is 12.6. The third-order valence-electron chi connectivity index (χ3n) is 5.79. The summed E-state index contributed by atoms with van der Waals surface area (Å²) in [6.45, 7) is 4.01. The number of carbonyl (C=O) groups excluding carboxylic acids is 1. The number of hydrogen-bond acceptors (Lipinski definition) is 7. The lowest BCUT2D eigenvalue weighted by Gasteiger charge is -2.13. The third-order valence-corrected chi connectivity index (χ3v) is 7.44. The van der Waals surface area contributed by atoms with E-state index >= 15 is 0 Å². The van der Waals surface area contributed by atoms with Crippen LogP contribution in [0.25, 0.3) is 10.8 Å². The van der Waals surface area contributed by atoms with Gasteiger partial charge in [-0.05, 0) is 54.6 Å². The van der Waals surface area contributed by atoms with Crippen LogP contribution in [-0.4, -0.2) is 30.6 Å².